The average Bonchev–Trinajstić information content (AvgIpc) is 2.92. The predicted octanol–water partition coefficient (Wildman–Crippen LogP) is 2.11. The summed E-state index contributed by atoms with van der Waals surface area (Å²) in [7, 11) is 3.33. The minimum Gasteiger partial charge on any atom is -0.435 e. The highest BCUT2D eigenvalue weighted by Gasteiger charge is 2.17. The van der Waals surface area contributed by atoms with E-state index in [2.05, 4.69) is 34.6 Å². The van der Waals surface area contributed by atoms with Crippen LogP contribution in [0.5, 0.6) is 0 Å². The molecular weight excluding hydrogens is 489 g/mol. The Hall–Kier alpha value is -3.19. The number of amides is 2. The molecule has 1 radical (unpaired) electrons. The Kier molecular flexibility index (Phi) is 14.2. The standard InChI is InChI=1S/C26H37BN5O6/c1-19(2)13-24(31-38-18-30-26(36)23-15-28-10-11-29-23)27-37-17-21-14-22(9-8-20(21)16-34)32(3)25(35)7-5-4-6-12-33/h8-12,14-15,19,24,31,34H,4-7,13,16-18H2,1-3H3,(H,30,36). The maximum atomic E-state index is 12.5. The molecule has 1 unspecified atom stereocenters. The van der Waals surface area contributed by atoms with E-state index in [1.165, 1.54) is 18.6 Å². The quantitative estimate of drug-likeness (QED) is 0.0875. The van der Waals surface area contributed by atoms with Gasteiger partial charge in [-0.1, -0.05) is 19.9 Å². The largest absolute Gasteiger partial charge is 0.435 e. The van der Waals surface area contributed by atoms with Gasteiger partial charge in [0, 0.05) is 43.9 Å². The van der Waals surface area contributed by atoms with Crippen molar-refractivity contribution in [2.45, 2.75) is 65.1 Å². The molecular formula is C26H37BN5O6. The number of unbranched alkanes of at least 4 members (excludes halogenated alkanes) is 2. The molecule has 1 atom stereocenters. The van der Waals surface area contributed by atoms with Gasteiger partial charge in [0.1, 0.15) is 18.7 Å². The predicted molar refractivity (Wildman–Crippen MR) is 143 cm³/mol. The van der Waals surface area contributed by atoms with E-state index in [0.29, 0.717) is 49.3 Å². The van der Waals surface area contributed by atoms with Crippen molar-refractivity contribution in [3.8, 4) is 0 Å². The van der Waals surface area contributed by atoms with Crippen LogP contribution in [0.15, 0.2) is 36.8 Å². The van der Waals surface area contributed by atoms with Crippen molar-refractivity contribution in [2.24, 2.45) is 5.92 Å². The van der Waals surface area contributed by atoms with Crippen molar-refractivity contribution in [3.63, 3.8) is 0 Å². The highest BCUT2D eigenvalue weighted by atomic mass is 16.7. The first-order chi connectivity index (χ1) is 18.3. The van der Waals surface area contributed by atoms with E-state index in [0.717, 1.165) is 11.8 Å². The van der Waals surface area contributed by atoms with Crippen LogP contribution >= 0.6 is 0 Å². The fraction of sp³-hybridized carbons (Fsp3) is 0.500. The average molecular weight is 526 g/mol. The van der Waals surface area contributed by atoms with Gasteiger partial charge in [0.15, 0.2) is 0 Å². The number of carbonyl (C=O) groups excluding carboxylic acids is 3. The van der Waals surface area contributed by atoms with E-state index in [1.54, 1.807) is 31.6 Å². The number of hydrogen-bond acceptors (Lipinski definition) is 9. The van der Waals surface area contributed by atoms with Crippen LogP contribution in [-0.2, 0) is 32.3 Å². The minimum absolute atomic E-state index is 0.0455. The summed E-state index contributed by atoms with van der Waals surface area (Å²) in [6.45, 7) is 4.08. The number of aliphatic hydroxyl groups is 1. The van der Waals surface area contributed by atoms with Crippen LogP contribution in [-0.4, -0.2) is 60.4 Å². The van der Waals surface area contributed by atoms with E-state index in [9.17, 15) is 19.5 Å². The second-order valence-corrected chi connectivity index (χ2v) is 9.16. The number of nitrogens with zero attached hydrogens (tertiary/aromatic N) is 3. The Morgan fingerprint density at radius 3 is 2.71 bits per heavy atom. The van der Waals surface area contributed by atoms with Crippen LogP contribution in [0, 0.1) is 5.92 Å². The number of aldehydes is 1. The molecule has 2 rings (SSSR count). The molecule has 0 saturated carbocycles. The summed E-state index contributed by atoms with van der Waals surface area (Å²) in [5.74, 6) is -0.371. The van der Waals surface area contributed by atoms with Crippen LogP contribution in [0.1, 0.15) is 67.6 Å². The molecule has 205 valence electrons. The molecule has 0 aliphatic rings. The molecule has 1 aromatic carbocycles. The monoisotopic (exact) mass is 526 g/mol. The highest BCUT2D eigenvalue weighted by Crippen LogP contribution is 2.21. The number of anilines is 1. The number of aromatic nitrogens is 2. The van der Waals surface area contributed by atoms with Crippen LogP contribution in [0.25, 0.3) is 0 Å². The maximum absolute atomic E-state index is 12.5. The Morgan fingerprint density at radius 2 is 2.03 bits per heavy atom. The van der Waals surface area contributed by atoms with Crippen molar-refractivity contribution in [2.75, 3.05) is 18.7 Å². The van der Waals surface area contributed by atoms with Crippen LogP contribution in [0.4, 0.5) is 5.69 Å². The van der Waals surface area contributed by atoms with E-state index < -0.39 is 5.91 Å². The van der Waals surface area contributed by atoms with E-state index >= 15 is 0 Å². The summed E-state index contributed by atoms with van der Waals surface area (Å²) >= 11 is 0. The van der Waals surface area contributed by atoms with Gasteiger partial charge >= 0.3 is 7.48 Å². The van der Waals surface area contributed by atoms with Crippen LogP contribution < -0.4 is 15.7 Å². The highest BCUT2D eigenvalue weighted by molar-refractivity contribution is 6.29. The molecule has 0 saturated heterocycles. The molecule has 11 nitrogen and oxygen atoms in total. The number of nitrogens with one attached hydrogen (secondary N) is 2. The fourth-order valence-electron chi connectivity index (χ4n) is 3.58. The van der Waals surface area contributed by atoms with E-state index in [1.807, 2.05) is 6.07 Å². The van der Waals surface area contributed by atoms with Gasteiger partial charge in [-0.05, 0) is 48.4 Å². The second kappa shape index (κ2) is 17.3. The molecule has 0 spiro atoms. The summed E-state index contributed by atoms with van der Waals surface area (Å²) in [5, 5.41) is 12.4. The van der Waals surface area contributed by atoms with E-state index in [4.69, 9.17) is 9.49 Å². The van der Waals surface area contributed by atoms with Gasteiger partial charge in [-0.15, -0.1) is 0 Å². The Bertz CT molecular complexity index is 1010. The lowest BCUT2D eigenvalue weighted by Gasteiger charge is -2.21. The molecule has 0 fully saturated rings. The third-order valence-electron chi connectivity index (χ3n) is 5.64. The van der Waals surface area contributed by atoms with Crippen molar-refractivity contribution in [3.05, 3.63) is 53.6 Å². The molecule has 2 aromatic rings. The summed E-state index contributed by atoms with van der Waals surface area (Å²) in [6.07, 6.45) is 8.00. The number of rotatable bonds is 18. The number of benzene rings is 1. The van der Waals surface area contributed by atoms with E-state index in [-0.39, 0.29) is 37.5 Å². The van der Waals surface area contributed by atoms with Crippen molar-refractivity contribution in [1.29, 1.82) is 0 Å². The van der Waals surface area contributed by atoms with Crippen LogP contribution in [0.2, 0.25) is 0 Å². The second-order valence-electron chi connectivity index (χ2n) is 9.16. The lowest BCUT2D eigenvalue weighted by atomic mass is 9.82. The van der Waals surface area contributed by atoms with Crippen molar-refractivity contribution in [1.82, 2.24) is 20.8 Å². The molecule has 12 heteroatoms. The van der Waals surface area contributed by atoms with Gasteiger partial charge in [-0.2, -0.15) is 0 Å². The lowest BCUT2D eigenvalue weighted by Crippen LogP contribution is -2.40. The molecule has 38 heavy (non-hydrogen) atoms. The van der Waals surface area contributed by atoms with Gasteiger partial charge < -0.3 is 24.8 Å². The van der Waals surface area contributed by atoms with Gasteiger partial charge in [-0.25, -0.2) is 10.5 Å². The zero-order chi connectivity index (χ0) is 27.8. The smallest absolute Gasteiger partial charge is 0.313 e. The third kappa shape index (κ3) is 11.1. The topological polar surface area (TPSA) is 143 Å². The Labute approximate surface area is 224 Å². The summed E-state index contributed by atoms with van der Waals surface area (Å²) in [4.78, 5) is 49.8. The third-order valence-corrected chi connectivity index (χ3v) is 5.64. The lowest BCUT2D eigenvalue weighted by molar-refractivity contribution is -0.118. The SMILES string of the molecule is CC(C)CC([B]OCc1cc(N(C)C(=O)CCCCC=O)ccc1CO)NOCNC(=O)c1cnccn1. The van der Waals surface area contributed by atoms with Gasteiger partial charge in [0.05, 0.1) is 19.4 Å². The molecule has 1 heterocycles. The number of hydrogen-bond donors (Lipinski definition) is 3. The first kappa shape index (κ1) is 31.0. The minimum atomic E-state index is -0.402. The van der Waals surface area contributed by atoms with Gasteiger partial charge in [0.25, 0.3) is 5.91 Å². The van der Waals surface area contributed by atoms with Crippen LogP contribution in [0.3, 0.4) is 0 Å². The van der Waals surface area contributed by atoms with Crippen molar-refractivity contribution < 1.29 is 29.0 Å². The summed E-state index contributed by atoms with van der Waals surface area (Å²) in [5.41, 5.74) is 5.23. The summed E-state index contributed by atoms with van der Waals surface area (Å²) < 4.78 is 5.84. The first-order valence-corrected chi connectivity index (χ1v) is 12.6. The number of hydroxylamine groups is 1. The fourth-order valence-corrected chi connectivity index (χ4v) is 3.58. The summed E-state index contributed by atoms with van der Waals surface area (Å²) in [6, 6.07) is 5.39. The number of aliphatic hydroxyl groups excluding tert-OH is 1. The Morgan fingerprint density at radius 1 is 1.21 bits per heavy atom. The van der Waals surface area contributed by atoms with Gasteiger partial charge in [-0.3, -0.25) is 19.4 Å². The Balaban J connectivity index is 1.88. The normalized spacial score (nSPS) is 11.7. The molecule has 3 N–H and O–H groups in total. The molecule has 0 aliphatic carbocycles. The molecule has 0 aliphatic heterocycles. The maximum Gasteiger partial charge on any atom is 0.313 e. The molecule has 2 amide bonds. The molecule has 0 bridgehead atoms. The first-order valence-electron chi connectivity index (χ1n) is 12.6. The molecule has 1 aromatic heterocycles. The zero-order valence-electron chi connectivity index (χ0n) is 22.3. The van der Waals surface area contributed by atoms with Crippen molar-refractivity contribution >= 4 is 31.3 Å². The number of carbonyl (C=O) groups is 3. The zero-order valence-corrected chi connectivity index (χ0v) is 22.3. The van der Waals surface area contributed by atoms with Gasteiger partial charge in [0.2, 0.25) is 5.91 Å².